The monoisotopic (exact) mass is 394 g/mol. The van der Waals surface area contributed by atoms with Crippen LogP contribution in [-0.2, 0) is 4.43 Å². The van der Waals surface area contributed by atoms with E-state index in [1.54, 1.807) is 26.0 Å². The summed E-state index contributed by atoms with van der Waals surface area (Å²) in [6, 6.07) is 10.6. The Bertz CT molecular complexity index is 1030. The summed E-state index contributed by atoms with van der Waals surface area (Å²) in [7, 11) is -2.00. The van der Waals surface area contributed by atoms with Gasteiger partial charge in [-0.15, -0.1) is 0 Å². The molecule has 0 heterocycles. The van der Waals surface area contributed by atoms with E-state index in [0.717, 1.165) is 0 Å². The van der Waals surface area contributed by atoms with Crippen LogP contribution in [-0.4, -0.2) is 37.1 Å². The van der Waals surface area contributed by atoms with Gasteiger partial charge in [-0.3, -0.25) is 19.2 Å². The first kappa shape index (κ1) is 20.0. The predicted molar refractivity (Wildman–Crippen MR) is 108 cm³/mol. The molecule has 0 spiro atoms. The molecule has 0 bridgehead atoms. The molecule has 0 saturated carbocycles. The molecule has 0 fully saturated rings. The van der Waals surface area contributed by atoms with Crippen LogP contribution >= 0.6 is 0 Å². The maximum absolute atomic E-state index is 13.0. The fraction of sp³-hybridized carbons (Fsp3) is 0.273. The zero-order valence-electron chi connectivity index (χ0n) is 16.6. The second kappa shape index (κ2) is 6.72. The number of carbonyl (C=O) groups is 4. The number of hydrogen-bond donors (Lipinski definition) is 0. The molecule has 5 nitrogen and oxygen atoms in total. The van der Waals surface area contributed by atoms with Gasteiger partial charge in [-0.25, -0.2) is 0 Å². The van der Waals surface area contributed by atoms with Gasteiger partial charge in [-0.1, -0.05) is 30.3 Å². The number of fused-ring (bicyclic) bond motifs is 2. The average molecular weight is 394 g/mol. The van der Waals surface area contributed by atoms with Gasteiger partial charge in [0.25, 0.3) is 0 Å². The van der Waals surface area contributed by atoms with Gasteiger partial charge >= 0.3 is 0 Å². The molecule has 0 unspecified atom stereocenters. The van der Waals surface area contributed by atoms with E-state index in [2.05, 4.69) is 0 Å². The fourth-order valence-corrected chi connectivity index (χ4v) is 5.12. The molecule has 3 rings (SSSR count). The molecule has 0 atom stereocenters. The molecule has 0 aromatic heterocycles. The first-order valence-corrected chi connectivity index (χ1v) is 12.4. The zero-order chi connectivity index (χ0) is 20.9. The summed E-state index contributed by atoms with van der Waals surface area (Å²) >= 11 is 0. The highest BCUT2D eigenvalue weighted by Crippen LogP contribution is 2.28. The Morgan fingerprint density at radius 3 is 1.86 bits per heavy atom. The molecule has 28 heavy (non-hydrogen) atoms. The average Bonchev–Trinajstić information content (AvgIpc) is 2.69. The molecule has 6 heteroatoms. The minimum Gasteiger partial charge on any atom is -0.405 e. The maximum atomic E-state index is 13.0. The molecule has 0 aliphatic heterocycles. The molecule has 0 radical (unpaired) electrons. The van der Waals surface area contributed by atoms with Gasteiger partial charge in [0, 0.05) is 27.8 Å². The standard InChI is InChI=1S/C22H22O5Si/c1-22(2,27-28(3,4)5)21(26)13-10-11-16-17(12-13)20(25)19(24)15-9-7-6-8-14(15)18(16)23/h6-12H,1-5H3. The summed E-state index contributed by atoms with van der Waals surface area (Å²) in [4.78, 5) is 51.3. The number of ketones is 4. The van der Waals surface area contributed by atoms with Crippen LogP contribution < -0.4 is 0 Å². The Hall–Kier alpha value is -2.70. The highest BCUT2D eigenvalue weighted by Gasteiger charge is 2.37. The summed E-state index contributed by atoms with van der Waals surface area (Å²) in [5.74, 6) is -2.23. The molecule has 0 N–H and O–H groups in total. The van der Waals surface area contributed by atoms with Gasteiger partial charge in [0.05, 0.1) is 0 Å². The van der Waals surface area contributed by atoms with Gasteiger partial charge in [0.2, 0.25) is 11.6 Å². The van der Waals surface area contributed by atoms with Crippen LogP contribution in [0.15, 0.2) is 42.5 Å². The quantitative estimate of drug-likeness (QED) is 0.443. The van der Waals surface area contributed by atoms with Gasteiger partial charge < -0.3 is 4.43 Å². The molecular weight excluding hydrogens is 372 g/mol. The topological polar surface area (TPSA) is 77.5 Å². The summed E-state index contributed by atoms with van der Waals surface area (Å²) in [6.45, 7) is 9.33. The fourth-order valence-electron chi connectivity index (χ4n) is 3.50. The van der Waals surface area contributed by atoms with Crippen LogP contribution in [0.4, 0.5) is 0 Å². The molecule has 0 saturated heterocycles. The third-order valence-electron chi connectivity index (χ3n) is 4.50. The van der Waals surface area contributed by atoms with Gasteiger partial charge in [0.15, 0.2) is 19.9 Å². The number of benzene rings is 2. The predicted octanol–water partition coefficient (Wildman–Crippen LogP) is 4.11. The Labute approximate surface area is 164 Å². The minimum absolute atomic E-state index is 0.0409. The first-order valence-electron chi connectivity index (χ1n) is 9.04. The van der Waals surface area contributed by atoms with E-state index >= 15 is 0 Å². The van der Waals surface area contributed by atoms with E-state index in [-0.39, 0.29) is 33.6 Å². The normalized spacial score (nSPS) is 14.4. The lowest BCUT2D eigenvalue weighted by molar-refractivity contribution is 0.0557. The molecule has 2 aromatic rings. The lowest BCUT2D eigenvalue weighted by atomic mass is 9.91. The maximum Gasteiger partial charge on any atom is 0.234 e. The largest absolute Gasteiger partial charge is 0.405 e. The Kier molecular flexibility index (Phi) is 4.81. The third kappa shape index (κ3) is 3.53. The number of rotatable bonds is 4. The van der Waals surface area contributed by atoms with Crippen LogP contribution in [0, 0.1) is 0 Å². The van der Waals surface area contributed by atoms with Crippen LogP contribution in [0.25, 0.3) is 0 Å². The van der Waals surface area contributed by atoms with E-state index in [1.165, 1.54) is 30.3 Å². The SMILES string of the molecule is CC(C)(O[Si](C)(C)C)C(=O)c1ccc2c(c1)C(=O)C(=O)c1ccccc1C2=O. The highest BCUT2D eigenvalue weighted by atomic mass is 28.4. The van der Waals surface area contributed by atoms with Crippen molar-refractivity contribution in [3.05, 3.63) is 70.3 Å². The Morgan fingerprint density at radius 2 is 1.29 bits per heavy atom. The van der Waals surface area contributed by atoms with Crippen molar-refractivity contribution >= 4 is 31.5 Å². The molecule has 0 amide bonds. The van der Waals surface area contributed by atoms with Crippen molar-refractivity contribution in [2.75, 3.05) is 0 Å². The third-order valence-corrected chi connectivity index (χ3v) is 5.62. The molecule has 144 valence electrons. The Balaban J connectivity index is 2.09. The van der Waals surface area contributed by atoms with Crippen LogP contribution in [0.1, 0.15) is 60.8 Å². The van der Waals surface area contributed by atoms with Gasteiger partial charge in [-0.2, -0.15) is 0 Å². The van der Waals surface area contributed by atoms with Crippen molar-refractivity contribution in [1.29, 1.82) is 0 Å². The second-order valence-electron chi connectivity index (χ2n) is 8.35. The molecule has 2 aromatic carbocycles. The Morgan fingerprint density at radius 1 is 0.786 bits per heavy atom. The summed E-state index contributed by atoms with van der Waals surface area (Å²) < 4.78 is 6.00. The summed E-state index contributed by atoms with van der Waals surface area (Å²) in [6.07, 6.45) is 0. The summed E-state index contributed by atoms with van der Waals surface area (Å²) in [5, 5.41) is 0. The van der Waals surface area contributed by atoms with E-state index in [4.69, 9.17) is 4.43 Å². The van der Waals surface area contributed by atoms with E-state index in [0.29, 0.717) is 0 Å². The van der Waals surface area contributed by atoms with Crippen molar-refractivity contribution in [1.82, 2.24) is 0 Å². The lowest BCUT2D eigenvalue weighted by Gasteiger charge is -2.31. The van der Waals surface area contributed by atoms with E-state index in [1.807, 2.05) is 19.6 Å². The van der Waals surface area contributed by atoms with Crippen molar-refractivity contribution in [3.63, 3.8) is 0 Å². The lowest BCUT2D eigenvalue weighted by Crippen LogP contribution is -2.44. The zero-order valence-corrected chi connectivity index (χ0v) is 17.6. The van der Waals surface area contributed by atoms with Crippen LogP contribution in [0.3, 0.4) is 0 Å². The van der Waals surface area contributed by atoms with Crippen molar-refractivity contribution in [2.45, 2.75) is 39.1 Å². The van der Waals surface area contributed by atoms with Crippen LogP contribution in [0.5, 0.6) is 0 Å². The van der Waals surface area contributed by atoms with Gasteiger partial charge in [0.1, 0.15) is 5.60 Å². The molecular formula is C22H22O5Si. The van der Waals surface area contributed by atoms with Crippen molar-refractivity contribution < 1.29 is 23.6 Å². The minimum atomic E-state index is -2.00. The van der Waals surface area contributed by atoms with Gasteiger partial charge in [-0.05, 0) is 45.6 Å². The smallest absolute Gasteiger partial charge is 0.234 e. The number of hydrogen-bond acceptors (Lipinski definition) is 5. The first-order chi connectivity index (χ1) is 12.9. The molecule has 1 aliphatic carbocycles. The van der Waals surface area contributed by atoms with E-state index in [9.17, 15) is 19.2 Å². The van der Waals surface area contributed by atoms with Crippen molar-refractivity contribution in [2.24, 2.45) is 0 Å². The summed E-state index contributed by atoms with van der Waals surface area (Å²) in [5.41, 5.74) is -0.472. The highest BCUT2D eigenvalue weighted by molar-refractivity contribution is 6.70. The van der Waals surface area contributed by atoms with Crippen molar-refractivity contribution in [3.8, 4) is 0 Å². The number of carbonyl (C=O) groups excluding carboxylic acids is 4. The van der Waals surface area contributed by atoms with Crippen LogP contribution in [0.2, 0.25) is 19.6 Å². The molecule has 1 aliphatic rings. The number of Topliss-reactive ketones (excluding diaryl/α,β-unsaturated/α-hetero) is 3. The van der Waals surface area contributed by atoms with E-state index < -0.39 is 31.3 Å². The second-order valence-corrected chi connectivity index (χ2v) is 12.8.